The third kappa shape index (κ3) is 4.20. The average Bonchev–Trinajstić information content (AvgIpc) is 3.03. The predicted octanol–water partition coefficient (Wildman–Crippen LogP) is 3.55. The van der Waals surface area contributed by atoms with Crippen molar-refractivity contribution in [1.29, 1.82) is 0 Å². The van der Waals surface area contributed by atoms with Crippen LogP contribution in [0.5, 0.6) is 11.5 Å². The Morgan fingerprint density at radius 2 is 1.82 bits per heavy atom. The van der Waals surface area contributed by atoms with Gasteiger partial charge < -0.3 is 13.9 Å². The average molecular weight is 403 g/mol. The lowest BCUT2D eigenvalue weighted by molar-refractivity contribution is -0.123. The summed E-state index contributed by atoms with van der Waals surface area (Å²) < 4.78 is 16.1. The molecule has 146 valence electrons. The molecule has 0 aliphatic carbocycles. The van der Waals surface area contributed by atoms with Gasteiger partial charge in [-0.25, -0.2) is 0 Å². The number of benzene rings is 2. The Kier molecular flexibility index (Phi) is 5.75. The van der Waals surface area contributed by atoms with Gasteiger partial charge in [-0.2, -0.15) is 0 Å². The van der Waals surface area contributed by atoms with E-state index in [4.69, 9.17) is 25.5 Å². The summed E-state index contributed by atoms with van der Waals surface area (Å²) in [6.45, 7) is 3.33. The van der Waals surface area contributed by atoms with Crippen LogP contribution in [0.2, 0.25) is 5.02 Å². The lowest BCUT2D eigenvalue weighted by Gasteiger charge is -2.09. The second kappa shape index (κ2) is 8.22. The van der Waals surface area contributed by atoms with Crippen molar-refractivity contribution in [2.24, 2.45) is 0 Å². The first kappa shape index (κ1) is 19.6. The number of nitrogens with one attached hydrogen (secondary N) is 2. The number of methoxy groups -OCH3 is 1. The minimum atomic E-state index is -0.566. The normalized spacial score (nSPS) is 10.6. The monoisotopic (exact) mass is 402 g/mol. The van der Waals surface area contributed by atoms with Gasteiger partial charge >= 0.3 is 5.91 Å². The third-order valence-electron chi connectivity index (χ3n) is 4.16. The van der Waals surface area contributed by atoms with Gasteiger partial charge in [-0.05, 0) is 55.8 Å². The van der Waals surface area contributed by atoms with Gasteiger partial charge in [0, 0.05) is 16.0 Å². The predicted molar refractivity (Wildman–Crippen MR) is 105 cm³/mol. The van der Waals surface area contributed by atoms with Crippen LogP contribution in [0.3, 0.4) is 0 Å². The maximum Gasteiger partial charge on any atom is 0.305 e. The van der Waals surface area contributed by atoms with Gasteiger partial charge in [0.25, 0.3) is 5.91 Å². The second-order valence-electron chi connectivity index (χ2n) is 6.12. The maximum atomic E-state index is 12.3. The Hall–Kier alpha value is -3.19. The molecule has 1 aromatic heterocycles. The number of fused-ring (bicyclic) bond motifs is 1. The van der Waals surface area contributed by atoms with Crippen LogP contribution >= 0.6 is 11.6 Å². The van der Waals surface area contributed by atoms with Gasteiger partial charge in [0.15, 0.2) is 12.4 Å². The molecule has 28 heavy (non-hydrogen) atoms. The summed E-state index contributed by atoms with van der Waals surface area (Å²) in [6, 6.07) is 10.3. The molecule has 1 heterocycles. The van der Waals surface area contributed by atoms with Crippen molar-refractivity contribution in [3.8, 4) is 11.5 Å². The van der Waals surface area contributed by atoms with E-state index in [1.165, 1.54) is 0 Å². The minimum absolute atomic E-state index is 0.109. The SMILES string of the molecule is COc1ccc2oc(C(=O)NNC(=O)COc3ccc(Cl)c(C)c3)c(C)c2c1. The molecule has 0 atom stereocenters. The number of hydrazine groups is 1. The molecule has 0 aliphatic rings. The lowest BCUT2D eigenvalue weighted by atomic mass is 10.1. The largest absolute Gasteiger partial charge is 0.497 e. The van der Waals surface area contributed by atoms with Crippen LogP contribution < -0.4 is 20.3 Å². The summed E-state index contributed by atoms with van der Waals surface area (Å²) >= 11 is 5.95. The second-order valence-corrected chi connectivity index (χ2v) is 6.53. The molecule has 2 amide bonds. The highest BCUT2D eigenvalue weighted by molar-refractivity contribution is 6.31. The quantitative estimate of drug-likeness (QED) is 0.637. The molecule has 0 saturated carbocycles. The topological polar surface area (TPSA) is 89.8 Å². The molecule has 0 bridgehead atoms. The fraction of sp³-hybridized carbons (Fsp3) is 0.200. The van der Waals surface area contributed by atoms with E-state index in [1.54, 1.807) is 50.4 Å². The zero-order chi connectivity index (χ0) is 20.3. The molecule has 0 radical (unpaired) electrons. The van der Waals surface area contributed by atoms with Crippen LogP contribution in [0.25, 0.3) is 11.0 Å². The highest BCUT2D eigenvalue weighted by Gasteiger charge is 2.18. The van der Waals surface area contributed by atoms with Crippen molar-refractivity contribution in [2.75, 3.05) is 13.7 Å². The molecule has 0 fully saturated rings. The van der Waals surface area contributed by atoms with Crippen LogP contribution in [0.15, 0.2) is 40.8 Å². The first-order valence-corrected chi connectivity index (χ1v) is 8.82. The molecule has 0 unspecified atom stereocenters. The molecular formula is C20H19ClN2O5. The molecule has 8 heteroatoms. The Balaban J connectivity index is 1.59. The minimum Gasteiger partial charge on any atom is -0.497 e. The van der Waals surface area contributed by atoms with E-state index in [0.29, 0.717) is 27.7 Å². The van der Waals surface area contributed by atoms with Crippen LogP contribution in [0, 0.1) is 13.8 Å². The van der Waals surface area contributed by atoms with Crippen molar-refractivity contribution in [3.05, 3.63) is 58.3 Å². The molecule has 0 aliphatic heterocycles. The number of hydrogen-bond donors (Lipinski definition) is 2. The van der Waals surface area contributed by atoms with Crippen molar-refractivity contribution in [1.82, 2.24) is 10.9 Å². The van der Waals surface area contributed by atoms with Gasteiger partial charge in [-0.3, -0.25) is 20.4 Å². The number of carbonyl (C=O) groups excluding carboxylic acids is 2. The van der Waals surface area contributed by atoms with Crippen molar-refractivity contribution >= 4 is 34.4 Å². The molecule has 0 spiro atoms. The number of carbonyl (C=O) groups is 2. The van der Waals surface area contributed by atoms with E-state index >= 15 is 0 Å². The number of amides is 2. The van der Waals surface area contributed by atoms with Gasteiger partial charge in [-0.1, -0.05) is 11.6 Å². The highest BCUT2D eigenvalue weighted by Crippen LogP contribution is 2.28. The van der Waals surface area contributed by atoms with Gasteiger partial charge in [0.05, 0.1) is 7.11 Å². The smallest absolute Gasteiger partial charge is 0.305 e. The third-order valence-corrected chi connectivity index (χ3v) is 4.59. The summed E-state index contributed by atoms with van der Waals surface area (Å²) in [7, 11) is 1.56. The first-order chi connectivity index (χ1) is 13.4. The van der Waals surface area contributed by atoms with Crippen LogP contribution in [0.4, 0.5) is 0 Å². The van der Waals surface area contributed by atoms with Crippen LogP contribution in [0.1, 0.15) is 21.7 Å². The van der Waals surface area contributed by atoms with Crippen molar-refractivity contribution in [2.45, 2.75) is 13.8 Å². The standard InChI is InChI=1S/C20H19ClN2O5/c1-11-8-14(4-6-16(11)21)27-10-18(24)22-23-20(25)19-12(2)15-9-13(26-3)5-7-17(15)28-19/h4-9H,10H2,1-3H3,(H,22,24)(H,23,25). The van der Waals surface area contributed by atoms with Crippen molar-refractivity contribution in [3.63, 3.8) is 0 Å². The van der Waals surface area contributed by atoms with E-state index in [-0.39, 0.29) is 12.4 Å². The summed E-state index contributed by atoms with van der Waals surface area (Å²) in [4.78, 5) is 24.3. The maximum absolute atomic E-state index is 12.3. The van der Waals surface area contributed by atoms with Gasteiger partial charge in [0.2, 0.25) is 0 Å². The Morgan fingerprint density at radius 3 is 2.54 bits per heavy atom. The fourth-order valence-corrected chi connectivity index (χ4v) is 2.74. The Bertz CT molecular complexity index is 1040. The number of aryl methyl sites for hydroxylation is 2. The zero-order valence-corrected chi connectivity index (χ0v) is 16.3. The van der Waals surface area contributed by atoms with Gasteiger partial charge in [-0.15, -0.1) is 0 Å². The molecular weight excluding hydrogens is 384 g/mol. The lowest BCUT2D eigenvalue weighted by Crippen LogP contribution is -2.43. The molecule has 2 aromatic carbocycles. The van der Waals surface area contributed by atoms with E-state index in [2.05, 4.69) is 10.9 Å². The first-order valence-electron chi connectivity index (χ1n) is 8.44. The molecule has 2 N–H and O–H groups in total. The number of halogens is 1. The van der Waals surface area contributed by atoms with Crippen molar-refractivity contribution < 1.29 is 23.5 Å². The van der Waals surface area contributed by atoms with Crippen LogP contribution in [-0.4, -0.2) is 25.5 Å². The molecule has 3 rings (SSSR count). The molecule has 7 nitrogen and oxygen atoms in total. The summed E-state index contributed by atoms with van der Waals surface area (Å²) in [5.74, 6) is 0.189. The summed E-state index contributed by atoms with van der Waals surface area (Å²) in [6.07, 6.45) is 0. The van der Waals surface area contributed by atoms with E-state index in [9.17, 15) is 9.59 Å². The Morgan fingerprint density at radius 1 is 1.07 bits per heavy atom. The van der Waals surface area contributed by atoms with E-state index in [1.807, 2.05) is 6.92 Å². The van der Waals surface area contributed by atoms with E-state index < -0.39 is 11.8 Å². The van der Waals surface area contributed by atoms with Crippen LogP contribution in [-0.2, 0) is 4.79 Å². The van der Waals surface area contributed by atoms with E-state index in [0.717, 1.165) is 10.9 Å². The van der Waals surface area contributed by atoms with Gasteiger partial charge in [0.1, 0.15) is 17.1 Å². The zero-order valence-electron chi connectivity index (χ0n) is 15.6. The molecule has 0 saturated heterocycles. The number of rotatable bonds is 5. The Labute approximate surface area is 166 Å². The summed E-state index contributed by atoms with van der Waals surface area (Å²) in [5.41, 5.74) is 6.66. The number of ether oxygens (including phenoxy) is 2. The summed E-state index contributed by atoms with van der Waals surface area (Å²) in [5, 5.41) is 1.38. The number of furan rings is 1. The highest BCUT2D eigenvalue weighted by atomic mass is 35.5. The fourth-order valence-electron chi connectivity index (χ4n) is 2.62. The number of hydrogen-bond acceptors (Lipinski definition) is 5. The molecule has 3 aromatic rings.